The van der Waals surface area contributed by atoms with Crippen molar-refractivity contribution in [2.45, 2.75) is 0 Å². The van der Waals surface area contributed by atoms with E-state index in [4.69, 9.17) is 24.4 Å². The van der Waals surface area contributed by atoms with E-state index in [1.165, 1.54) is 50.6 Å². The zero-order chi connectivity index (χ0) is 81.9. The molecule has 662 valence electrons. The Kier molecular flexibility index (Phi) is 108. The minimum absolute atomic E-state index is 0.0327. The number of ether oxygens (including phenoxy) is 5. The number of rotatable bonds is 29. The molecule has 3 fully saturated rings. The van der Waals surface area contributed by atoms with Crippen LogP contribution in [0.4, 0.5) is 0 Å². The Morgan fingerprint density at radius 3 is 0.701 bits per heavy atom. The van der Waals surface area contributed by atoms with Crippen LogP contribution in [0.25, 0.3) is 0 Å². The summed E-state index contributed by atoms with van der Waals surface area (Å²) in [6.45, 7) is 8.48. The smallest absolute Gasteiger partial charge is 0.335 e. The molecule has 6 rings (SSSR count). The molecule has 0 aromatic heterocycles. The van der Waals surface area contributed by atoms with E-state index in [2.05, 4.69) is 536 Å². The number of carbonyl (C=O) groups is 6. The summed E-state index contributed by atoms with van der Waals surface area (Å²) in [5, 5.41) is 20.5. The van der Waals surface area contributed by atoms with Gasteiger partial charge in [-0.25, -0.2) is 19.2 Å². The van der Waals surface area contributed by atoms with Gasteiger partial charge in [-0.1, -0.05) is 0 Å². The molecule has 3 aliphatic rings. The summed E-state index contributed by atoms with van der Waals surface area (Å²) in [4.78, 5) is 70.9. The summed E-state index contributed by atoms with van der Waals surface area (Å²) in [7, 11) is -7.90. The fourth-order valence-corrected chi connectivity index (χ4v) is 8600. The third-order valence-corrected chi connectivity index (χ3v) is 3730. The summed E-state index contributed by atoms with van der Waals surface area (Å²) in [6, 6.07) is 18.0. The van der Waals surface area contributed by atoms with E-state index >= 15 is 0 Å². The first kappa shape index (κ1) is 138. The second-order valence-electron chi connectivity index (χ2n) is 15.4. The third kappa shape index (κ3) is 58.6. The topological polar surface area (TPSA) is 208 Å². The van der Waals surface area contributed by atoms with Crippen molar-refractivity contribution < 1.29 is 75.9 Å². The number of halogens is 53. The average Bonchev–Trinajstić information content (AvgIpc) is 0.828. The predicted octanol–water partition coefficient (Wildman–Crippen LogP) is 45.6. The Morgan fingerprint density at radius 1 is 0.327 bits per heavy atom. The fourth-order valence-electron chi connectivity index (χ4n) is 5.54. The van der Waals surface area contributed by atoms with E-state index in [-0.39, 0.29) is 38.7 Å². The molecule has 0 unspecified atom stereocenters. The first-order valence-electron chi connectivity index (χ1n) is 24.3. The van der Waals surface area contributed by atoms with Crippen molar-refractivity contribution in [3.05, 3.63) is 106 Å². The number of methoxy groups -OCH3 is 2. The number of nitrogens with zero attached hydrogens (tertiary/aromatic N) is 2. The number of hydrogen-bond donors (Lipinski definition) is 3. The Labute approximate surface area is 992 Å². The van der Waals surface area contributed by atoms with Gasteiger partial charge in [-0.05, 0) is 72.8 Å². The second-order valence-corrected chi connectivity index (χ2v) is 1200. The number of amides is 2. The Bertz CT molecular complexity index is 3000. The molecule has 0 bridgehead atoms. The number of carboxylic acids is 2. The minimum Gasteiger partial charge on any atom is -0.478 e. The molecule has 3 aliphatic heterocycles. The van der Waals surface area contributed by atoms with Crippen LogP contribution in [0.15, 0.2) is 72.8 Å². The summed E-state index contributed by atoms with van der Waals surface area (Å²) in [6.07, 6.45) is 0. The van der Waals surface area contributed by atoms with E-state index in [1.807, 2.05) is 0 Å². The molecule has 3 N–H and O–H groups in total. The van der Waals surface area contributed by atoms with Crippen molar-refractivity contribution in [1.82, 2.24) is 15.1 Å². The van der Waals surface area contributed by atoms with Crippen molar-refractivity contribution >= 4 is 746 Å². The van der Waals surface area contributed by atoms with Crippen LogP contribution in [0.3, 0.4) is 0 Å². The largest absolute Gasteiger partial charge is 0.478 e. The minimum atomic E-state index is -1.02. The van der Waals surface area contributed by atoms with Gasteiger partial charge < -0.3 is 49.0 Å². The van der Waals surface area contributed by atoms with Crippen LogP contribution < -0.4 is 18.6 Å². The van der Waals surface area contributed by atoms with E-state index < -0.39 is 198 Å². The van der Waals surface area contributed by atoms with Crippen LogP contribution in [-0.4, -0.2) is 149 Å². The Balaban J connectivity index is 0.000000666. The number of esters is 2. The molecule has 0 atom stereocenters. The first-order chi connectivity index (χ1) is 50.1. The molecule has 3 saturated heterocycles. The van der Waals surface area contributed by atoms with Crippen LogP contribution in [0.1, 0.15) is 62.1 Å². The van der Waals surface area contributed by atoms with E-state index in [1.54, 1.807) is 46.2 Å². The number of benzene rings is 3. The molecule has 69 heteroatoms. The molecule has 0 aliphatic carbocycles. The maximum atomic E-state index is 12.1. The van der Waals surface area contributed by atoms with Crippen LogP contribution in [0, 0.1) is 0 Å². The van der Waals surface area contributed by atoms with Gasteiger partial charge in [-0.2, -0.15) is 0 Å². The molecule has 16 nitrogen and oxygen atoms in total. The number of carbonyl (C=O) groups excluding carboxylic acids is 4. The van der Waals surface area contributed by atoms with Crippen LogP contribution >= 0.6 is 711 Å². The summed E-state index contributed by atoms with van der Waals surface area (Å²) in [5.74, 6) is -3.00. The molecular weight excluding hydrogens is 7430 g/mol. The van der Waals surface area contributed by atoms with Gasteiger partial charge in [0.1, 0.15) is 0 Å². The number of carboxylic acid groups (broad SMARTS) is 2. The molecule has 3 aromatic rings. The van der Waals surface area contributed by atoms with Crippen molar-refractivity contribution in [1.29, 1.82) is 0 Å². The first-order valence-corrected chi connectivity index (χ1v) is 345. The normalized spacial score (nSPS) is 16.5. The van der Waals surface area contributed by atoms with Gasteiger partial charge in [0.25, 0.3) is 11.8 Å². The molecule has 0 saturated carbocycles. The zero-order valence-electron chi connectivity index (χ0n) is 50.2. The van der Waals surface area contributed by atoms with Crippen molar-refractivity contribution in [3.8, 4) is 0 Å². The Hall–Kier alpha value is 33.0. The maximum absolute atomic E-state index is 12.1. The van der Waals surface area contributed by atoms with Gasteiger partial charge in [-0.15, -0.1) is 0 Å². The SMILES string of the molecule is C1COCCN1.COC(=O)c1ccc(C(=O)N2CCOCC2)cc1.COC(=O)c1ccc(C(=O)O)cc1.II(I)I(I)I(I)I(I)I(I)I(I)I(I)I(I)I(I)I(I)I(I)I(I)I.I[I-]I(I)I(I)I(I)I(I)I(I)I(I)I(I)I(I)I(I)I(I)I(I)I(I)I.O=C(O)c1ccc(C(=O)N2CCOCC2)cc1. The van der Waals surface area contributed by atoms with Crippen molar-refractivity contribution in [3.63, 3.8) is 0 Å². The summed E-state index contributed by atoms with van der Waals surface area (Å²) >= 11 is 87.9. The molecule has 0 spiro atoms. The van der Waals surface area contributed by atoms with Gasteiger partial charge >= 0.3 is 748 Å². The molecule has 3 aromatic carbocycles. The average molecular weight is 7480 g/mol. The Morgan fingerprint density at radius 2 is 0.523 bits per heavy atom. The number of morpholine rings is 3. The van der Waals surface area contributed by atoms with Gasteiger partial charge in [0, 0.05) is 50.4 Å². The predicted molar refractivity (Wildman–Crippen MR) is 922 cm³/mol. The number of aromatic carboxylic acids is 2. The monoisotopic (exact) mass is 7480 g/mol. The van der Waals surface area contributed by atoms with Gasteiger partial charge in [-0.3, -0.25) is 9.59 Å². The van der Waals surface area contributed by atoms with E-state index in [0.29, 0.717) is 88.1 Å². The van der Waals surface area contributed by atoms with Crippen molar-refractivity contribution in [2.24, 2.45) is 0 Å². The molecule has 3 heterocycles. The molecule has 0 radical (unpaired) electrons. The molecular formula is C38H45I53N3O13-. The maximum Gasteiger partial charge on any atom is 0.335 e. The number of hydrogen-bond acceptors (Lipinski definition) is 12. The third-order valence-electron chi connectivity index (χ3n) is 9.76. The summed E-state index contributed by atoms with van der Waals surface area (Å²) in [5.41, 5.74) is 2.20. The van der Waals surface area contributed by atoms with E-state index in [9.17, 15) is 28.8 Å². The fraction of sp³-hybridized carbons (Fsp3) is 0.368. The van der Waals surface area contributed by atoms with Gasteiger partial charge in [0.05, 0.1) is 76.1 Å². The van der Waals surface area contributed by atoms with Crippen LogP contribution in [0.5, 0.6) is 0 Å². The molecule has 107 heavy (non-hydrogen) atoms. The second kappa shape index (κ2) is 83.6. The van der Waals surface area contributed by atoms with Gasteiger partial charge in [0.2, 0.25) is 0 Å². The van der Waals surface area contributed by atoms with Gasteiger partial charge in [0.15, 0.2) is 0 Å². The van der Waals surface area contributed by atoms with Crippen molar-refractivity contribution in [2.75, 3.05) is 93.1 Å². The van der Waals surface area contributed by atoms with E-state index in [0.717, 1.165) is 26.3 Å². The molecule has 2 amide bonds. The standard InChI is InChI=1S/C13H15NO4.C12H13NO4.C9H8O4.C4H9NO.I27.I26/c1-17-13(16)11-4-2-10(3-5-11)12(15)14-6-8-18-9-7-14;14-11(13-5-7-17-8-6-13)9-1-3-10(4-2-9)12(15)16;1-13-9(12)7-4-2-6(3-5-7)8(10)11;1-3-6-4-2-5-1;1-15-17(4)19(6)21(8)23(10)25(12)27(14)26(13)24(11)22(9)20(7)18(5)16(2)3;1-15(2)17(5)19(7)21(9)23(11)25(13)26(14)24(12)22(10)20(8)18(6)16(3)4/h2-5H,6-9H2,1H3;1-4H,5-8H2,(H,15,16);2-5H,1H3,(H,10,11);5H,1-4H2;;/q;;;;-1;. The summed E-state index contributed by atoms with van der Waals surface area (Å²) < 4.78 is 24.4. The number of nitrogens with one attached hydrogen (secondary N) is 1. The zero-order valence-corrected chi connectivity index (χ0v) is 165. The van der Waals surface area contributed by atoms with Crippen LogP contribution in [0.2, 0.25) is 0 Å². The van der Waals surface area contributed by atoms with Crippen LogP contribution in [-0.2, 0) is 23.7 Å². The quantitative estimate of drug-likeness (QED) is 0.0437.